The highest BCUT2D eigenvalue weighted by Gasteiger charge is 2.40. The summed E-state index contributed by atoms with van der Waals surface area (Å²) in [5, 5.41) is 10.5. The van der Waals surface area contributed by atoms with Gasteiger partial charge in [-0.1, -0.05) is 29.5 Å². The minimum Gasteiger partial charge on any atom is -0.411 e. The molecule has 0 amide bonds. The Morgan fingerprint density at radius 2 is 2.08 bits per heavy atom. The van der Waals surface area contributed by atoms with Gasteiger partial charge < -0.3 is 5.21 Å². The van der Waals surface area contributed by atoms with Gasteiger partial charge >= 0.3 is 6.18 Å². The van der Waals surface area contributed by atoms with E-state index in [1.807, 2.05) is 0 Å². The van der Waals surface area contributed by atoms with Crippen molar-refractivity contribution >= 4 is 5.71 Å². The summed E-state index contributed by atoms with van der Waals surface area (Å²) in [4.78, 5) is 0. The third-order valence-corrected chi connectivity index (χ3v) is 1.73. The van der Waals surface area contributed by atoms with E-state index in [1.54, 1.807) is 12.2 Å². The van der Waals surface area contributed by atoms with Crippen LogP contribution < -0.4 is 0 Å². The van der Waals surface area contributed by atoms with Gasteiger partial charge in [-0.3, -0.25) is 0 Å². The maximum Gasteiger partial charge on any atom is 0.433 e. The lowest BCUT2D eigenvalue weighted by Gasteiger charge is -2.16. The Labute approximate surface area is 73.0 Å². The van der Waals surface area contributed by atoms with Crippen molar-refractivity contribution in [3.8, 4) is 0 Å². The molecule has 5 heteroatoms. The predicted octanol–water partition coefficient (Wildman–Crippen LogP) is 2.51. The first kappa shape index (κ1) is 9.83. The molecule has 0 aliphatic heterocycles. The molecule has 1 atom stereocenters. The van der Waals surface area contributed by atoms with E-state index in [0.29, 0.717) is 0 Å². The number of oxime groups is 1. The van der Waals surface area contributed by atoms with E-state index in [-0.39, 0.29) is 6.42 Å². The van der Waals surface area contributed by atoms with Crippen molar-refractivity contribution in [3.05, 3.63) is 24.3 Å². The molecule has 0 heterocycles. The highest BCUT2D eigenvalue weighted by molar-refractivity contribution is 5.92. The van der Waals surface area contributed by atoms with Crippen LogP contribution in [0, 0.1) is 5.92 Å². The van der Waals surface area contributed by atoms with Gasteiger partial charge in [-0.15, -0.1) is 0 Å². The van der Waals surface area contributed by atoms with E-state index in [4.69, 9.17) is 5.21 Å². The molecule has 1 N–H and O–H groups in total. The summed E-state index contributed by atoms with van der Waals surface area (Å²) in [5.74, 6) is -0.866. The lowest BCUT2D eigenvalue weighted by Crippen LogP contribution is -2.30. The Bertz CT molecular complexity index is 265. The molecule has 0 bridgehead atoms. The van der Waals surface area contributed by atoms with Crippen LogP contribution in [0.2, 0.25) is 0 Å². The number of halogens is 3. The fraction of sp³-hybridized carbons (Fsp3) is 0.375. The SMILES string of the molecule is O/N=C(/C1C=CC=CC1)C(F)(F)F. The summed E-state index contributed by atoms with van der Waals surface area (Å²) >= 11 is 0. The molecule has 1 rings (SSSR count). The largest absolute Gasteiger partial charge is 0.433 e. The van der Waals surface area contributed by atoms with Crippen LogP contribution in [0.5, 0.6) is 0 Å². The summed E-state index contributed by atoms with van der Waals surface area (Å²) in [7, 11) is 0. The molecular weight excluding hydrogens is 183 g/mol. The van der Waals surface area contributed by atoms with Crippen LogP contribution in [-0.4, -0.2) is 17.1 Å². The van der Waals surface area contributed by atoms with E-state index in [1.165, 1.54) is 12.2 Å². The van der Waals surface area contributed by atoms with Crippen molar-refractivity contribution in [2.24, 2.45) is 11.1 Å². The normalized spacial score (nSPS) is 23.6. The van der Waals surface area contributed by atoms with Crippen LogP contribution in [0.15, 0.2) is 29.5 Å². The molecule has 0 aromatic heterocycles. The topological polar surface area (TPSA) is 32.6 Å². The predicted molar refractivity (Wildman–Crippen MR) is 41.7 cm³/mol. The fourth-order valence-electron chi connectivity index (χ4n) is 1.12. The molecule has 1 aliphatic rings. The Balaban J connectivity index is 2.80. The van der Waals surface area contributed by atoms with Crippen LogP contribution in [0.25, 0.3) is 0 Å². The summed E-state index contributed by atoms with van der Waals surface area (Å²) < 4.78 is 36.5. The van der Waals surface area contributed by atoms with Crippen molar-refractivity contribution in [2.75, 3.05) is 0 Å². The molecule has 72 valence electrons. The van der Waals surface area contributed by atoms with Crippen molar-refractivity contribution < 1.29 is 18.4 Å². The van der Waals surface area contributed by atoms with Crippen LogP contribution >= 0.6 is 0 Å². The lowest BCUT2D eigenvalue weighted by atomic mass is 9.95. The van der Waals surface area contributed by atoms with Gasteiger partial charge in [0.25, 0.3) is 0 Å². The standard InChI is InChI=1S/C8H8F3NO/c9-8(10,11)7(12-13)6-4-2-1-3-5-6/h1-4,6,13H,5H2/b12-7-. The highest BCUT2D eigenvalue weighted by Crippen LogP contribution is 2.26. The summed E-state index contributed by atoms with van der Waals surface area (Å²) in [6.45, 7) is 0. The number of hydrogen-bond donors (Lipinski definition) is 1. The minimum atomic E-state index is -4.56. The molecule has 0 aromatic carbocycles. The van der Waals surface area contributed by atoms with Crippen molar-refractivity contribution in [1.29, 1.82) is 0 Å². The zero-order valence-electron chi connectivity index (χ0n) is 6.62. The Hall–Kier alpha value is -1.26. The number of hydrogen-bond acceptors (Lipinski definition) is 2. The minimum absolute atomic E-state index is 0.218. The molecule has 1 aliphatic carbocycles. The highest BCUT2D eigenvalue weighted by atomic mass is 19.4. The zero-order chi connectivity index (χ0) is 9.90. The van der Waals surface area contributed by atoms with Gasteiger partial charge in [-0.05, 0) is 6.42 Å². The van der Waals surface area contributed by atoms with E-state index >= 15 is 0 Å². The molecule has 1 unspecified atom stereocenters. The maximum atomic E-state index is 12.2. The molecule has 13 heavy (non-hydrogen) atoms. The summed E-state index contributed by atoms with van der Waals surface area (Å²) in [6.07, 6.45) is 1.78. The molecule has 0 radical (unpaired) electrons. The van der Waals surface area contributed by atoms with Gasteiger partial charge in [0, 0.05) is 5.92 Å². The third kappa shape index (κ3) is 2.34. The maximum absolute atomic E-state index is 12.2. The van der Waals surface area contributed by atoms with E-state index in [2.05, 4.69) is 5.16 Å². The first-order chi connectivity index (χ1) is 6.05. The molecule has 0 fully saturated rings. The first-order valence-electron chi connectivity index (χ1n) is 3.68. The Kier molecular flexibility index (Phi) is 2.75. The fourth-order valence-corrected chi connectivity index (χ4v) is 1.12. The number of alkyl halides is 3. The van der Waals surface area contributed by atoms with E-state index in [9.17, 15) is 13.2 Å². The van der Waals surface area contributed by atoms with Gasteiger partial charge in [0.15, 0.2) is 5.71 Å². The second kappa shape index (κ2) is 3.64. The van der Waals surface area contributed by atoms with Gasteiger partial charge in [-0.2, -0.15) is 13.2 Å². The average Bonchev–Trinajstić information content (AvgIpc) is 2.05. The number of allylic oxidation sites excluding steroid dienone is 4. The summed E-state index contributed by atoms with van der Waals surface area (Å²) in [5.41, 5.74) is -1.15. The van der Waals surface area contributed by atoms with Crippen molar-refractivity contribution in [1.82, 2.24) is 0 Å². The second-order valence-electron chi connectivity index (χ2n) is 2.64. The van der Waals surface area contributed by atoms with Gasteiger partial charge in [0.2, 0.25) is 0 Å². The van der Waals surface area contributed by atoms with Crippen LogP contribution in [0.4, 0.5) is 13.2 Å². The van der Waals surface area contributed by atoms with Crippen LogP contribution in [0.3, 0.4) is 0 Å². The Morgan fingerprint density at radius 1 is 1.38 bits per heavy atom. The number of rotatable bonds is 1. The van der Waals surface area contributed by atoms with Gasteiger partial charge in [-0.25, -0.2) is 0 Å². The smallest absolute Gasteiger partial charge is 0.411 e. The molecule has 0 aromatic rings. The van der Waals surface area contributed by atoms with E-state index < -0.39 is 17.8 Å². The Morgan fingerprint density at radius 3 is 2.46 bits per heavy atom. The monoisotopic (exact) mass is 191 g/mol. The van der Waals surface area contributed by atoms with Gasteiger partial charge in [0.05, 0.1) is 0 Å². The quantitative estimate of drug-likeness (QED) is 0.385. The van der Waals surface area contributed by atoms with Crippen molar-refractivity contribution in [3.63, 3.8) is 0 Å². The van der Waals surface area contributed by atoms with Crippen LogP contribution in [-0.2, 0) is 0 Å². The van der Waals surface area contributed by atoms with Crippen molar-refractivity contribution in [2.45, 2.75) is 12.6 Å². The molecule has 0 saturated carbocycles. The summed E-state index contributed by atoms with van der Waals surface area (Å²) in [6, 6.07) is 0. The molecular formula is C8H8F3NO. The third-order valence-electron chi connectivity index (χ3n) is 1.73. The molecule has 0 saturated heterocycles. The molecule has 2 nitrogen and oxygen atoms in total. The van der Waals surface area contributed by atoms with Crippen LogP contribution in [0.1, 0.15) is 6.42 Å². The average molecular weight is 191 g/mol. The van der Waals surface area contributed by atoms with Gasteiger partial charge in [0.1, 0.15) is 0 Å². The zero-order valence-corrected chi connectivity index (χ0v) is 6.62. The molecule has 0 spiro atoms. The first-order valence-corrected chi connectivity index (χ1v) is 3.68. The lowest BCUT2D eigenvalue weighted by molar-refractivity contribution is -0.0643. The second-order valence-corrected chi connectivity index (χ2v) is 2.64. The van der Waals surface area contributed by atoms with E-state index in [0.717, 1.165) is 0 Å². The number of nitrogens with zero attached hydrogens (tertiary/aromatic N) is 1.